The second kappa shape index (κ2) is 7.03. The molecule has 2 N–H and O–H groups in total. The summed E-state index contributed by atoms with van der Waals surface area (Å²) in [6, 6.07) is 7.59. The van der Waals surface area contributed by atoms with Gasteiger partial charge in [-0.3, -0.25) is 14.5 Å². The maximum absolute atomic E-state index is 12.4. The number of primary amides is 1. The van der Waals surface area contributed by atoms with Gasteiger partial charge < -0.3 is 10.6 Å². The number of hydrogen-bond acceptors (Lipinski definition) is 3. The quantitative estimate of drug-likeness (QED) is 0.785. The van der Waals surface area contributed by atoms with E-state index in [9.17, 15) is 9.59 Å². The van der Waals surface area contributed by atoms with Crippen molar-refractivity contribution in [3.8, 4) is 0 Å². The molecule has 1 heterocycles. The minimum atomic E-state index is -0.317. The molecular formula is C14H18IN3O2. The van der Waals surface area contributed by atoms with Crippen molar-refractivity contribution in [1.82, 2.24) is 9.80 Å². The van der Waals surface area contributed by atoms with E-state index in [0.29, 0.717) is 18.7 Å². The van der Waals surface area contributed by atoms with Gasteiger partial charge in [-0.2, -0.15) is 0 Å². The molecule has 6 heteroatoms. The molecule has 0 saturated carbocycles. The number of nitrogens with zero attached hydrogens (tertiary/aromatic N) is 2. The van der Waals surface area contributed by atoms with Crippen LogP contribution in [0, 0.1) is 3.57 Å². The molecule has 0 spiro atoms. The van der Waals surface area contributed by atoms with Crippen LogP contribution in [0.2, 0.25) is 0 Å². The first-order chi connectivity index (χ1) is 9.56. The molecule has 1 aliphatic rings. The number of halogens is 1. The highest BCUT2D eigenvalue weighted by Gasteiger charge is 2.20. The molecule has 0 bridgehead atoms. The van der Waals surface area contributed by atoms with E-state index in [-0.39, 0.29) is 18.4 Å². The third-order valence-corrected chi connectivity index (χ3v) is 4.07. The third kappa shape index (κ3) is 4.17. The van der Waals surface area contributed by atoms with Crippen LogP contribution in [0.25, 0.3) is 0 Å². The Bertz CT molecular complexity index is 490. The fourth-order valence-corrected chi connectivity index (χ4v) is 2.69. The van der Waals surface area contributed by atoms with Gasteiger partial charge in [-0.05, 0) is 53.3 Å². The summed E-state index contributed by atoms with van der Waals surface area (Å²) in [5, 5.41) is 0. The second-order valence-corrected chi connectivity index (χ2v) is 6.14. The van der Waals surface area contributed by atoms with E-state index >= 15 is 0 Å². The molecule has 2 amide bonds. The van der Waals surface area contributed by atoms with Crippen LogP contribution in [0.1, 0.15) is 16.8 Å². The molecule has 0 radical (unpaired) electrons. The van der Waals surface area contributed by atoms with Crippen molar-refractivity contribution in [1.29, 1.82) is 0 Å². The van der Waals surface area contributed by atoms with Crippen LogP contribution < -0.4 is 5.73 Å². The predicted octanol–water partition coefficient (Wildman–Crippen LogP) is 0.924. The first kappa shape index (κ1) is 15.2. The highest BCUT2D eigenvalue weighted by atomic mass is 127. The van der Waals surface area contributed by atoms with Gasteiger partial charge in [-0.1, -0.05) is 0 Å². The first-order valence-corrected chi connectivity index (χ1v) is 7.69. The third-order valence-electron chi connectivity index (χ3n) is 3.35. The van der Waals surface area contributed by atoms with Crippen LogP contribution in [0.4, 0.5) is 0 Å². The Labute approximate surface area is 132 Å². The van der Waals surface area contributed by atoms with E-state index < -0.39 is 0 Å². The number of carbonyl (C=O) groups excluding carboxylic acids is 2. The number of hydrogen-bond donors (Lipinski definition) is 1. The Morgan fingerprint density at radius 2 is 1.80 bits per heavy atom. The fraction of sp³-hybridized carbons (Fsp3) is 0.429. The van der Waals surface area contributed by atoms with Gasteiger partial charge in [0.25, 0.3) is 5.91 Å². The van der Waals surface area contributed by atoms with Crippen molar-refractivity contribution >= 4 is 34.4 Å². The molecule has 1 aliphatic heterocycles. The molecule has 0 aliphatic carbocycles. The molecule has 1 fully saturated rings. The molecule has 1 aromatic carbocycles. The minimum absolute atomic E-state index is 0.0577. The lowest BCUT2D eigenvalue weighted by molar-refractivity contribution is -0.119. The number of benzene rings is 1. The SMILES string of the molecule is NC(=O)CN1CCCN(C(=O)c2ccc(I)cc2)CC1. The van der Waals surface area contributed by atoms with E-state index in [4.69, 9.17) is 5.73 Å². The van der Waals surface area contributed by atoms with Crippen molar-refractivity contribution in [2.75, 3.05) is 32.7 Å². The lowest BCUT2D eigenvalue weighted by Crippen LogP contribution is -2.38. The van der Waals surface area contributed by atoms with E-state index in [0.717, 1.165) is 23.1 Å². The van der Waals surface area contributed by atoms with Gasteiger partial charge in [-0.15, -0.1) is 0 Å². The topological polar surface area (TPSA) is 66.6 Å². The van der Waals surface area contributed by atoms with Crippen LogP contribution >= 0.6 is 22.6 Å². The summed E-state index contributed by atoms with van der Waals surface area (Å²) in [6.45, 7) is 3.13. The lowest BCUT2D eigenvalue weighted by atomic mass is 10.2. The predicted molar refractivity (Wildman–Crippen MR) is 85.3 cm³/mol. The second-order valence-electron chi connectivity index (χ2n) is 4.90. The van der Waals surface area contributed by atoms with Gasteiger partial charge in [0, 0.05) is 35.3 Å². The number of rotatable bonds is 3. The van der Waals surface area contributed by atoms with Crippen LogP contribution in [0.15, 0.2) is 24.3 Å². The van der Waals surface area contributed by atoms with Crippen LogP contribution in [0.5, 0.6) is 0 Å². The summed E-state index contributed by atoms with van der Waals surface area (Å²) in [5.74, 6) is -0.260. The monoisotopic (exact) mass is 387 g/mol. The maximum Gasteiger partial charge on any atom is 0.253 e. The molecule has 1 aromatic rings. The Kier molecular flexibility index (Phi) is 5.36. The molecule has 20 heavy (non-hydrogen) atoms. The van der Waals surface area contributed by atoms with Gasteiger partial charge in [0.05, 0.1) is 6.54 Å². The van der Waals surface area contributed by atoms with Crippen molar-refractivity contribution < 1.29 is 9.59 Å². The summed E-state index contributed by atoms with van der Waals surface area (Å²) in [5.41, 5.74) is 5.93. The van der Waals surface area contributed by atoms with Crippen molar-refractivity contribution in [2.24, 2.45) is 5.73 Å². The largest absolute Gasteiger partial charge is 0.369 e. The summed E-state index contributed by atoms with van der Waals surface area (Å²) >= 11 is 2.22. The van der Waals surface area contributed by atoms with Gasteiger partial charge >= 0.3 is 0 Å². The van der Waals surface area contributed by atoms with Crippen molar-refractivity contribution in [2.45, 2.75) is 6.42 Å². The zero-order chi connectivity index (χ0) is 14.5. The van der Waals surface area contributed by atoms with Gasteiger partial charge in [0.15, 0.2) is 0 Å². The average molecular weight is 387 g/mol. The Morgan fingerprint density at radius 3 is 2.45 bits per heavy atom. The zero-order valence-corrected chi connectivity index (χ0v) is 13.4. The van der Waals surface area contributed by atoms with Gasteiger partial charge in [0.1, 0.15) is 0 Å². The zero-order valence-electron chi connectivity index (χ0n) is 11.2. The van der Waals surface area contributed by atoms with Crippen LogP contribution in [0.3, 0.4) is 0 Å². The smallest absolute Gasteiger partial charge is 0.253 e. The number of nitrogens with two attached hydrogens (primary N) is 1. The maximum atomic E-state index is 12.4. The molecule has 1 saturated heterocycles. The van der Waals surface area contributed by atoms with Crippen molar-refractivity contribution in [3.63, 3.8) is 0 Å². The Balaban J connectivity index is 1.97. The summed E-state index contributed by atoms with van der Waals surface area (Å²) in [4.78, 5) is 27.2. The number of amides is 2. The fourth-order valence-electron chi connectivity index (χ4n) is 2.33. The summed E-state index contributed by atoms with van der Waals surface area (Å²) < 4.78 is 1.11. The molecular weight excluding hydrogens is 369 g/mol. The average Bonchev–Trinajstić information content (AvgIpc) is 2.64. The Morgan fingerprint density at radius 1 is 1.10 bits per heavy atom. The minimum Gasteiger partial charge on any atom is -0.369 e. The molecule has 0 atom stereocenters. The molecule has 0 unspecified atom stereocenters. The van der Waals surface area contributed by atoms with E-state index in [1.54, 1.807) is 0 Å². The van der Waals surface area contributed by atoms with E-state index in [1.807, 2.05) is 34.1 Å². The Hall–Kier alpha value is -1.15. The first-order valence-electron chi connectivity index (χ1n) is 6.62. The van der Waals surface area contributed by atoms with E-state index in [1.165, 1.54) is 0 Å². The number of carbonyl (C=O) groups is 2. The highest BCUT2D eigenvalue weighted by molar-refractivity contribution is 14.1. The van der Waals surface area contributed by atoms with E-state index in [2.05, 4.69) is 22.6 Å². The molecule has 2 rings (SSSR count). The molecule has 5 nitrogen and oxygen atoms in total. The van der Waals surface area contributed by atoms with Crippen LogP contribution in [-0.4, -0.2) is 54.3 Å². The summed E-state index contributed by atoms with van der Waals surface area (Å²) in [7, 11) is 0. The normalized spacial score (nSPS) is 16.8. The summed E-state index contributed by atoms with van der Waals surface area (Å²) in [6.07, 6.45) is 0.864. The standard InChI is InChI=1S/C14H18IN3O2/c15-12-4-2-11(3-5-12)14(20)18-7-1-6-17(8-9-18)10-13(16)19/h2-5H,1,6-10H2,(H2,16,19). The van der Waals surface area contributed by atoms with Crippen LogP contribution in [-0.2, 0) is 4.79 Å². The van der Waals surface area contributed by atoms with Gasteiger partial charge in [-0.25, -0.2) is 0 Å². The molecule has 108 valence electrons. The van der Waals surface area contributed by atoms with Crippen molar-refractivity contribution in [3.05, 3.63) is 33.4 Å². The lowest BCUT2D eigenvalue weighted by Gasteiger charge is -2.21. The highest BCUT2D eigenvalue weighted by Crippen LogP contribution is 2.11. The van der Waals surface area contributed by atoms with Gasteiger partial charge in [0.2, 0.25) is 5.91 Å². The molecule has 0 aromatic heterocycles.